The van der Waals surface area contributed by atoms with Gasteiger partial charge in [-0.05, 0) is 69.3 Å². The van der Waals surface area contributed by atoms with E-state index in [1.807, 2.05) is 42.4 Å². The molecule has 38 heavy (non-hydrogen) atoms. The molecule has 1 aromatic carbocycles. The van der Waals surface area contributed by atoms with Gasteiger partial charge in [-0.25, -0.2) is 9.97 Å². The third-order valence-electron chi connectivity index (χ3n) is 8.04. The van der Waals surface area contributed by atoms with Crippen molar-refractivity contribution in [3.8, 4) is 5.75 Å². The number of carbonyl (C=O) groups is 1. The van der Waals surface area contributed by atoms with Gasteiger partial charge in [0, 0.05) is 74.1 Å². The Morgan fingerprint density at radius 1 is 1.05 bits per heavy atom. The third kappa shape index (κ3) is 6.96. The van der Waals surface area contributed by atoms with Crippen molar-refractivity contribution in [3.63, 3.8) is 0 Å². The summed E-state index contributed by atoms with van der Waals surface area (Å²) in [5.41, 5.74) is 1.83. The molecule has 0 spiro atoms. The summed E-state index contributed by atoms with van der Waals surface area (Å²) in [5, 5.41) is 0.729. The van der Waals surface area contributed by atoms with Crippen molar-refractivity contribution in [2.24, 2.45) is 5.41 Å². The lowest BCUT2D eigenvalue weighted by molar-refractivity contribution is -0.139. The van der Waals surface area contributed by atoms with Gasteiger partial charge in [0.15, 0.2) is 0 Å². The van der Waals surface area contributed by atoms with Gasteiger partial charge in [-0.1, -0.05) is 11.6 Å². The maximum Gasteiger partial charge on any atom is 0.225 e. The highest BCUT2D eigenvalue weighted by atomic mass is 35.5. The fourth-order valence-electron chi connectivity index (χ4n) is 5.89. The lowest BCUT2D eigenvalue weighted by Crippen LogP contribution is -2.50. The van der Waals surface area contributed by atoms with Crippen LogP contribution in [-0.4, -0.2) is 84.8 Å². The van der Waals surface area contributed by atoms with E-state index in [0.29, 0.717) is 39.3 Å². The van der Waals surface area contributed by atoms with E-state index in [1.54, 1.807) is 0 Å². The minimum atomic E-state index is -0.268. The molecule has 0 radical (unpaired) electrons. The van der Waals surface area contributed by atoms with Gasteiger partial charge in [-0.15, -0.1) is 0 Å². The Balaban J connectivity index is 1.27. The molecule has 2 aromatic rings. The Morgan fingerprint density at radius 2 is 1.82 bits per heavy atom. The summed E-state index contributed by atoms with van der Waals surface area (Å²) in [6, 6.07) is 5.76. The van der Waals surface area contributed by atoms with Crippen LogP contribution in [0.1, 0.15) is 49.7 Å². The number of piperidine rings is 2. The van der Waals surface area contributed by atoms with Crippen LogP contribution in [0, 0.1) is 12.3 Å². The predicted molar refractivity (Wildman–Crippen MR) is 149 cm³/mol. The first-order chi connectivity index (χ1) is 18.5. The van der Waals surface area contributed by atoms with Crippen LogP contribution in [0.3, 0.4) is 0 Å². The van der Waals surface area contributed by atoms with Crippen LogP contribution in [0.25, 0.3) is 0 Å². The van der Waals surface area contributed by atoms with E-state index in [2.05, 4.69) is 19.8 Å². The number of amides is 1. The maximum atomic E-state index is 13.4. The Bertz CT molecular complexity index is 1070. The van der Waals surface area contributed by atoms with E-state index in [-0.39, 0.29) is 11.3 Å². The topological polar surface area (TPSA) is 71.0 Å². The summed E-state index contributed by atoms with van der Waals surface area (Å²) in [6.45, 7) is 9.65. The average molecular weight is 542 g/mol. The molecule has 3 aliphatic heterocycles. The van der Waals surface area contributed by atoms with E-state index in [0.717, 1.165) is 73.4 Å². The molecule has 1 aromatic heterocycles. The Hall–Kier alpha value is -2.42. The zero-order valence-electron chi connectivity index (χ0n) is 22.5. The van der Waals surface area contributed by atoms with E-state index in [1.165, 1.54) is 19.3 Å². The molecular weight excluding hydrogens is 502 g/mol. The van der Waals surface area contributed by atoms with Crippen LogP contribution in [0.15, 0.2) is 30.6 Å². The van der Waals surface area contributed by atoms with Gasteiger partial charge in [0.1, 0.15) is 5.75 Å². The second kappa shape index (κ2) is 12.6. The van der Waals surface area contributed by atoms with Crippen LogP contribution in [0.5, 0.6) is 5.75 Å². The molecular formula is C29H40ClN5O3. The van der Waals surface area contributed by atoms with Crippen LogP contribution in [-0.2, 0) is 16.1 Å². The largest absolute Gasteiger partial charge is 0.493 e. The van der Waals surface area contributed by atoms with Gasteiger partial charge in [-0.2, -0.15) is 0 Å². The number of rotatable bonds is 8. The smallest absolute Gasteiger partial charge is 0.225 e. The van der Waals surface area contributed by atoms with Crippen molar-refractivity contribution in [2.75, 3.05) is 64.0 Å². The van der Waals surface area contributed by atoms with E-state index < -0.39 is 0 Å². The molecule has 5 rings (SSSR count). The van der Waals surface area contributed by atoms with Crippen molar-refractivity contribution in [3.05, 3.63) is 46.7 Å². The van der Waals surface area contributed by atoms with Crippen LogP contribution in [0.4, 0.5) is 5.95 Å². The van der Waals surface area contributed by atoms with Gasteiger partial charge in [-0.3, -0.25) is 9.69 Å². The lowest BCUT2D eigenvalue weighted by atomic mass is 9.77. The zero-order valence-corrected chi connectivity index (χ0v) is 23.3. The molecule has 0 bridgehead atoms. The summed E-state index contributed by atoms with van der Waals surface area (Å²) in [6.07, 6.45) is 10.1. The number of carbonyl (C=O) groups excluding carboxylic acids is 1. The molecule has 4 heterocycles. The SMILES string of the molecule is Cc1cc(OCC2(CC(=O)N3CCOCC3)CCCN(Cc3cnc(N4CCCCC4)nc3)C2)ccc1Cl. The number of ether oxygens (including phenoxy) is 2. The van der Waals surface area contributed by atoms with Crippen LogP contribution >= 0.6 is 11.6 Å². The van der Waals surface area contributed by atoms with E-state index in [9.17, 15) is 4.79 Å². The van der Waals surface area contributed by atoms with Gasteiger partial charge < -0.3 is 19.3 Å². The highest BCUT2D eigenvalue weighted by Gasteiger charge is 2.40. The minimum absolute atomic E-state index is 0.195. The third-order valence-corrected chi connectivity index (χ3v) is 8.47. The van der Waals surface area contributed by atoms with Crippen LogP contribution < -0.4 is 9.64 Å². The molecule has 1 atom stereocenters. The number of benzene rings is 1. The number of hydrogen-bond donors (Lipinski definition) is 0. The summed E-state index contributed by atoms with van der Waals surface area (Å²) in [7, 11) is 0. The fraction of sp³-hybridized carbons (Fsp3) is 0.621. The molecule has 3 fully saturated rings. The number of anilines is 1. The normalized spacial score (nSPS) is 22.9. The van der Waals surface area contributed by atoms with Gasteiger partial charge in [0.05, 0.1) is 19.8 Å². The molecule has 3 saturated heterocycles. The van der Waals surface area contributed by atoms with Crippen molar-refractivity contribution >= 4 is 23.5 Å². The highest BCUT2D eigenvalue weighted by molar-refractivity contribution is 6.31. The number of nitrogens with zero attached hydrogens (tertiary/aromatic N) is 5. The number of hydrogen-bond acceptors (Lipinski definition) is 7. The average Bonchev–Trinajstić information content (AvgIpc) is 2.95. The molecule has 9 heteroatoms. The van der Waals surface area contributed by atoms with Crippen molar-refractivity contribution in [2.45, 2.75) is 52.0 Å². The first kappa shape index (κ1) is 27.2. The minimum Gasteiger partial charge on any atom is -0.493 e. The molecule has 206 valence electrons. The number of aryl methyl sites for hydroxylation is 1. The molecule has 0 aliphatic carbocycles. The van der Waals surface area contributed by atoms with Gasteiger partial charge in [0.25, 0.3) is 0 Å². The van der Waals surface area contributed by atoms with Crippen molar-refractivity contribution < 1.29 is 14.3 Å². The Morgan fingerprint density at radius 3 is 2.55 bits per heavy atom. The zero-order chi connectivity index (χ0) is 26.4. The van der Waals surface area contributed by atoms with E-state index >= 15 is 0 Å². The Labute approximate surface area is 231 Å². The predicted octanol–water partition coefficient (Wildman–Crippen LogP) is 4.34. The first-order valence-corrected chi connectivity index (χ1v) is 14.4. The quantitative estimate of drug-likeness (QED) is 0.492. The van der Waals surface area contributed by atoms with Crippen LogP contribution in [0.2, 0.25) is 5.02 Å². The van der Waals surface area contributed by atoms with Gasteiger partial charge in [0.2, 0.25) is 11.9 Å². The second-order valence-corrected chi connectivity index (χ2v) is 11.5. The monoisotopic (exact) mass is 541 g/mol. The molecule has 3 aliphatic rings. The summed E-state index contributed by atoms with van der Waals surface area (Å²) < 4.78 is 11.8. The maximum absolute atomic E-state index is 13.4. The molecule has 1 unspecified atom stereocenters. The summed E-state index contributed by atoms with van der Waals surface area (Å²) >= 11 is 6.23. The van der Waals surface area contributed by atoms with Crippen molar-refractivity contribution in [1.82, 2.24) is 19.8 Å². The number of morpholine rings is 1. The highest BCUT2D eigenvalue weighted by Crippen LogP contribution is 2.36. The number of halogens is 1. The molecule has 8 nitrogen and oxygen atoms in total. The summed E-state index contributed by atoms with van der Waals surface area (Å²) in [4.78, 5) is 29.4. The number of aromatic nitrogens is 2. The second-order valence-electron chi connectivity index (χ2n) is 11.1. The standard InChI is InChI=1S/C29H40ClN5O3/c1-23-16-25(6-7-26(23)30)38-22-29(17-27(36)34-12-14-37-15-13-34)8-5-9-33(21-29)20-24-18-31-28(32-19-24)35-10-3-2-4-11-35/h6-7,16,18-19H,2-5,8-15,17,20-22H2,1H3. The Kier molecular flexibility index (Phi) is 9.02. The molecule has 0 saturated carbocycles. The van der Waals surface area contributed by atoms with E-state index in [4.69, 9.17) is 21.1 Å². The number of likely N-dealkylation sites (tertiary alicyclic amines) is 1. The van der Waals surface area contributed by atoms with Crippen molar-refractivity contribution in [1.29, 1.82) is 0 Å². The molecule has 1 amide bonds. The fourth-order valence-corrected chi connectivity index (χ4v) is 6.01. The summed E-state index contributed by atoms with van der Waals surface area (Å²) in [5.74, 6) is 1.83. The lowest BCUT2D eigenvalue weighted by Gasteiger charge is -2.43. The van der Waals surface area contributed by atoms with Gasteiger partial charge >= 0.3 is 0 Å². The first-order valence-electron chi connectivity index (χ1n) is 14.0. The molecule has 0 N–H and O–H groups in total.